The van der Waals surface area contributed by atoms with Crippen molar-refractivity contribution in [3.63, 3.8) is 0 Å². The summed E-state index contributed by atoms with van der Waals surface area (Å²) in [6.07, 6.45) is 2.84. The van der Waals surface area contributed by atoms with Gasteiger partial charge in [-0.3, -0.25) is 21.0 Å². The first-order chi connectivity index (χ1) is 12.0. The first-order valence-corrected chi connectivity index (χ1v) is 8.01. The molecule has 8 heteroatoms. The highest BCUT2D eigenvalue weighted by Gasteiger charge is 2.02. The van der Waals surface area contributed by atoms with Crippen LogP contribution in [-0.2, 0) is 4.79 Å². The van der Waals surface area contributed by atoms with Crippen molar-refractivity contribution in [1.82, 2.24) is 16.2 Å². The Labute approximate surface area is 155 Å². The Kier molecular flexibility index (Phi) is 7.00. The van der Waals surface area contributed by atoms with Gasteiger partial charge in [-0.25, -0.2) is 4.39 Å². The summed E-state index contributed by atoms with van der Waals surface area (Å²) >= 11 is 10.1. The highest BCUT2D eigenvalue weighted by molar-refractivity contribution is 7.80. The van der Waals surface area contributed by atoms with Gasteiger partial charge in [-0.15, -0.1) is 0 Å². The molecule has 25 heavy (non-hydrogen) atoms. The summed E-state index contributed by atoms with van der Waals surface area (Å²) < 4.78 is 12.8. The average molecular weight is 374 g/mol. The first kappa shape index (κ1) is 18.5. The average Bonchev–Trinajstić information content (AvgIpc) is 2.60. The molecule has 0 aromatic heterocycles. The van der Waals surface area contributed by atoms with E-state index in [1.165, 1.54) is 18.2 Å². The van der Waals surface area contributed by atoms with Crippen molar-refractivity contribution in [2.45, 2.75) is 0 Å². The summed E-state index contributed by atoms with van der Waals surface area (Å²) in [7, 11) is 0. The molecule has 0 bridgehead atoms. The largest absolute Gasteiger partial charge is 0.331 e. The number of nitrogens with one attached hydrogen (secondary N) is 4. The Balaban J connectivity index is 1.73. The Hall–Kier alpha value is -2.84. The van der Waals surface area contributed by atoms with Crippen LogP contribution in [0.15, 0.2) is 60.7 Å². The molecule has 0 spiro atoms. The maximum Gasteiger partial charge on any atom is 0.250 e. The third-order valence-electron chi connectivity index (χ3n) is 2.86. The number of halogens is 1. The van der Waals surface area contributed by atoms with E-state index in [2.05, 4.69) is 21.5 Å². The van der Waals surface area contributed by atoms with Crippen molar-refractivity contribution < 1.29 is 9.18 Å². The maximum atomic E-state index is 12.8. The number of thiocarbonyl (C=S) groups is 2. The number of amides is 1. The van der Waals surface area contributed by atoms with Crippen LogP contribution < -0.4 is 21.5 Å². The summed E-state index contributed by atoms with van der Waals surface area (Å²) in [6.45, 7) is 0. The molecule has 5 nitrogen and oxygen atoms in total. The molecule has 0 radical (unpaired) electrons. The van der Waals surface area contributed by atoms with Crippen molar-refractivity contribution in [2.75, 3.05) is 5.32 Å². The molecule has 0 fully saturated rings. The fourth-order valence-corrected chi connectivity index (χ4v) is 2.05. The number of hydrazine groups is 1. The molecule has 2 aromatic carbocycles. The number of carbonyl (C=O) groups excluding carboxylic acids is 1. The van der Waals surface area contributed by atoms with Crippen molar-refractivity contribution in [3.05, 3.63) is 72.1 Å². The highest BCUT2D eigenvalue weighted by atomic mass is 32.1. The van der Waals surface area contributed by atoms with Gasteiger partial charge in [0.05, 0.1) is 0 Å². The van der Waals surface area contributed by atoms with Crippen molar-refractivity contribution in [2.24, 2.45) is 0 Å². The van der Waals surface area contributed by atoms with Gasteiger partial charge >= 0.3 is 0 Å². The zero-order chi connectivity index (χ0) is 18.1. The Bertz CT molecular complexity index is 779. The van der Waals surface area contributed by atoms with Crippen LogP contribution in [0.2, 0.25) is 0 Å². The molecule has 2 rings (SSSR count). The number of anilines is 1. The lowest BCUT2D eigenvalue weighted by atomic mass is 10.2. The molecule has 0 aliphatic rings. The molecule has 1 amide bonds. The minimum atomic E-state index is -0.425. The van der Waals surface area contributed by atoms with Crippen LogP contribution in [0, 0.1) is 5.82 Å². The minimum absolute atomic E-state index is 0.0611. The lowest BCUT2D eigenvalue weighted by Crippen LogP contribution is -2.49. The van der Waals surface area contributed by atoms with E-state index in [0.717, 1.165) is 5.69 Å². The Morgan fingerprint density at radius 2 is 1.56 bits per heavy atom. The highest BCUT2D eigenvalue weighted by Crippen LogP contribution is 2.05. The lowest BCUT2D eigenvalue weighted by Gasteiger charge is -2.13. The lowest BCUT2D eigenvalue weighted by molar-refractivity contribution is -0.115. The van der Waals surface area contributed by atoms with Crippen LogP contribution in [0.3, 0.4) is 0 Å². The number of carbonyl (C=O) groups is 1. The number of rotatable bonds is 3. The van der Waals surface area contributed by atoms with Crippen LogP contribution in [0.25, 0.3) is 6.08 Å². The van der Waals surface area contributed by atoms with Gasteiger partial charge in [0.25, 0.3) is 0 Å². The molecule has 2 aromatic rings. The van der Waals surface area contributed by atoms with E-state index in [4.69, 9.17) is 24.4 Å². The fourth-order valence-electron chi connectivity index (χ4n) is 1.73. The van der Waals surface area contributed by atoms with Crippen LogP contribution in [0.4, 0.5) is 10.1 Å². The molecule has 0 saturated heterocycles. The summed E-state index contributed by atoms with van der Waals surface area (Å²) in [5, 5.41) is 5.75. The molecule has 128 valence electrons. The molecular formula is C17H15FN4OS2. The molecule has 4 N–H and O–H groups in total. The Morgan fingerprint density at radius 1 is 0.920 bits per heavy atom. The molecule has 0 aliphatic carbocycles. The quantitative estimate of drug-likeness (QED) is 0.376. The second-order valence-electron chi connectivity index (χ2n) is 4.77. The predicted octanol–water partition coefficient (Wildman–Crippen LogP) is 2.73. The molecule has 0 saturated carbocycles. The summed E-state index contributed by atoms with van der Waals surface area (Å²) in [6, 6.07) is 15.1. The van der Waals surface area contributed by atoms with Gasteiger partial charge in [-0.1, -0.05) is 30.3 Å². The standard InChI is InChI=1S/C17H15FN4OS2/c18-13-9-6-12(7-10-13)8-11-15(23)20-17(25)22-21-16(24)19-14-4-2-1-3-5-14/h1-11H,(H2,19,21,24)(H2,20,22,23,25)/b11-8+. The van der Waals surface area contributed by atoms with Crippen LogP contribution in [0.1, 0.15) is 5.56 Å². The topological polar surface area (TPSA) is 65.2 Å². The molecular weight excluding hydrogens is 359 g/mol. The maximum absolute atomic E-state index is 12.8. The Morgan fingerprint density at radius 3 is 2.24 bits per heavy atom. The van der Waals surface area contributed by atoms with E-state index in [9.17, 15) is 9.18 Å². The molecule has 0 heterocycles. The van der Waals surface area contributed by atoms with Gasteiger partial charge in [0.2, 0.25) is 5.91 Å². The number of benzene rings is 2. The number of para-hydroxylation sites is 1. The fraction of sp³-hybridized carbons (Fsp3) is 0. The van der Waals surface area contributed by atoms with Crippen molar-refractivity contribution >= 4 is 52.3 Å². The minimum Gasteiger partial charge on any atom is -0.331 e. The zero-order valence-electron chi connectivity index (χ0n) is 13.0. The van der Waals surface area contributed by atoms with Gasteiger partial charge in [-0.2, -0.15) is 0 Å². The van der Waals surface area contributed by atoms with Gasteiger partial charge in [-0.05, 0) is 60.3 Å². The third-order valence-corrected chi connectivity index (χ3v) is 3.26. The number of hydrogen-bond acceptors (Lipinski definition) is 3. The second-order valence-corrected chi connectivity index (χ2v) is 5.59. The SMILES string of the molecule is O=C(/C=C/c1ccc(F)cc1)NC(=S)NNC(=S)Nc1ccccc1. The number of hydrogen-bond donors (Lipinski definition) is 4. The van der Waals surface area contributed by atoms with Gasteiger partial charge < -0.3 is 5.32 Å². The van der Waals surface area contributed by atoms with E-state index in [1.807, 2.05) is 30.3 Å². The van der Waals surface area contributed by atoms with Gasteiger partial charge in [0, 0.05) is 11.8 Å². The molecule has 0 aliphatic heterocycles. The summed E-state index contributed by atoms with van der Waals surface area (Å²) in [4.78, 5) is 11.8. The summed E-state index contributed by atoms with van der Waals surface area (Å²) in [5.74, 6) is -0.760. The van der Waals surface area contributed by atoms with Crippen molar-refractivity contribution in [3.8, 4) is 0 Å². The van der Waals surface area contributed by atoms with E-state index in [0.29, 0.717) is 10.7 Å². The smallest absolute Gasteiger partial charge is 0.250 e. The zero-order valence-corrected chi connectivity index (χ0v) is 14.6. The predicted molar refractivity (Wildman–Crippen MR) is 105 cm³/mol. The van der Waals surface area contributed by atoms with Gasteiger partial charge in [0.1, 0.15) is 5.82 Å². The monoisotopic (exact) mass is 374 g/mol. The van der Waals surface area contributed by atoms with E-state index < -0.39 is 5.91 Å². The van der Waals surface area contributed by atoms with Crippen molar-refractivity contribution in [1.29, 1.82) is 0 Å². The van der Waals surface area contributed by atoms with E-state index in [1.54, 1.807) is 18.2 Å². The van der Waals surface area contributed by atoms with Crippen LogP contribution >= 0.6 is 24.4 Å². The first-order valence-electron chi connectivity index (χ1n) is 7.19. The van der Waals surface area contributed by atoms with Crippen LogP contribution in [0.5, 0.6) is 0 Å². The van der Waals surface area contributed by atoms with E-state index >= 15 is 0 Å². The third kappa shape index (κ3) is 7.06. The van der Waals surface area contributed by atoms with E-state index in [-0.39, 0.29) is 10.9 Å². The summed E-state index contributed by atoms with van der Waals surface area (Å²) in [5.41, 5.74) is 6.78. The molecule has 0 atom stereocenters. The second kappa shape index (κ2) is 9.45. The van der Waals surface area contributed by atoms with Crippen LogP contribution in [-0.4, -0.2) is 16.1 Å². The van der Waals surface area contributed by atoms with Gasteiger partial charge in [0.15, 0.2) is 10.2 Å². The molecule has 0 unspecified atom stereocenters. The normalized spacial score (nSPS) is 10.1.